The number of likely N-dealkylation sites (tertiary alicyclic amines) is 1. The van der Waals surface area contributed by atoms with Gasteiger partial charge in [-0.05, 0) is 57.2 Å². The molecule has 3 aliphatic rings. The third kappa shape index (κ3) is 6.50. The van der Waals surface area contributed by atoms with Crippen molar-refractivity contribution in [3.05, 3.63) is 82.8 Å². The molecular weight excluding hydrogens is 712 g/mol. The van der Waals surface area contributed by atoms with E-state index in [9.17, 15) is 18.0 Å². The number of hydrogen-bond donors (Lipinski definition) is 0. The number of alkyl halides is 1. The number of benzene rings is 2. The molecule has 3 aliphatic heterocycles. The number of fused-ring (bicyclic) bond motifs is 3. The first-order valence-electron chi connectivity index (χ1n) is 18.2. The monoisotopic (exact) mass is 750 g/mol. The highest BCUT2D eigenvalue weighted by Crippen LogP contribution is 2.41. The van der Waals surface area contributed by atoms with E-state index in [4.69, 9.17) is 16.1 Å². The first kappa shape index (κ1) is 36.3. The number of aromatic nitrogens is 5. The zero-order chi connectivity index (χ0) is 38.6. The van der Waals surface area contributed by atoms with Gasteiger partial charge in [0.05, 0.1) is 22.2 Å². The van der Waals surface area contributed by atoms with E-state index >= 15 is 4.39 Å². The van der Waals surface area contributed by atoms with E-state index in [0.717, 1.165) is 19.4 Å². The van der Waals surface area contributed by atoms with Crippen LogP contribution in [0.2, 0.25) is 0 Å². The number of carbonyl (C=O) groups is 1. The summed E-state index contributed by atoms with van der Waals surface area (Å²) in [5, 5.41) is 1.25. The van der Waals surface area contributed by atoms with Crippen molar-refractivity contribution < 1.29 is 27.1 Å². The number of rotatable bonds is 8. The van der Waals surface area contributed by atoms with Crippen LogP contribution < -0.4 is 9.64 Å². The molecule has 0 radical (unpaired) electrons. The summed E-state index contributed by atoms with van der Waals surface area (Å²) in [6.07, 6.45) is 11.4. The van der Waals surface area contributed by atoms with Crippen LogP contribution in [0.4, 0.5) is 23.4 Å². The zero-order valence-corrected chi connectivity index (χ0v) is 30.6. The Morgan fingerprint density at radius 2 is 1.93 bits per heavy atom. The van der Waals surface area contributed by atoms with E-state index in [1.54, 1.807) is 43.1 Å². The van der Waals surface area contributed by atoms with E-state index in [0.29, 0.717) is 65.8 Å². The summed E-state index contributed by atoms with van der Waals surface area (Å²) in [4.78, 5) is 40.8. The van der Waals surface area contributed by atoms with Crippen LogP contribution in [0, 0.1) is 43.6 Å². The minimum atomic E-state index is -0.969. The smallest absolute Gasteiger partial charge is 0.319 e. The molecule has 5 aromatic rings. The fourth-order valence-corrected chi connectivity index (χ4v) is 8.41. The lowest BCUT2D eigenvalue weighted by Gasteiger charge is -2.31. The van der Waals surface area contributed by atoms with Crippen LogP contribution >= 0.6 is 0 Å². The second kappa shape index (κ2) is 14.2. The van der Waals surface area contributed by atoms with Gasteiger partial charge >= 0.3 is 6.01 Å². The van der Waals surface area contributed by atoms with Crippen molar-refractivity contribution in [3.8, 4) is 29.6 Å². The number of aryl methyl sites for hydroxylation is 2. The Morgan fingerprint density at radius 1 is 1.09 bits per heavy atom. The molecule has 55 heavy (non-hydrogen) atoms. The molecule has 282 valence electrons. The van der Waals surface area contributed by atoms with E-state index < -0.39 is 29.2 Å². The lowest BCUT2D eigenvalue weighted by molar-refractivity contribution is -0.124. The van der Waals surface area contributed by atoms with Gasteiger partial charge in [0.2, 0.25) is 5.91 Å². The highest BCUT2D eigenvalue weighted by atomic mass is 19.1. The van der Waals surface area contributed by atoms with Gasteiger partial charge in [-0.2, -0.15) is 9.97 Å². The molecule has 1 amide bonds. The van der Waals surface area contributed by atoms with Crippen LogP contribution in [0.3, 0.4) is 0 Å². The molecule has 10 nitrogen and oxygen atoms in total. The molecule has 3 saturated heterocycles. The van der Waals surface area contributed by atoms with Crippen molar-refractivity contribution >= 4 is 39.5 Å². The lowest BCUT2D eigenvalue weighted by Crippen LogP contribution is -2.43. The van der Waals surface area contributed by atoms with Crippen molar-refractivity contribution in [1.29, 1.82) is 0 Å². The quantitative estimate of drug-likeness (QED) is 0.102. The molecule has 0 spiro atoms. The summed E-state index contributed by atoms with van der Waals surface area (Å²) in [6.45, 7) is 5.12. The number of anilines is 1. The molecule has 6 heterocycles. The second-order valence-electron chi connectivity index (χ2n) is 14.6. The highest BCUT2D eigenvalue weighted by Gasteiger charge is 2.49. The number of halogens is 4. The largest absolute Gasteiger partial charge is 0.461 e. The van der Waals surface area contributed by atoms with Gasteiger partial charge in [-0.3, -0.25) is 14.7 Å². The Balaban J connectivity index is 1.15. The first-order chi connectivity index (χ1) is 26.5. The van der Waals surface area contributed by atoms with Gasteiger partial charge in [0.15, 0.2) is 11.6 Å². The molecular formula is C41H38F4N8O2. The summed E-state index contributed by atoms with van der Waals surface area (Å²) in [7, 11) is 1.79. The van der Waals surface area contributed by atoms with Crippen molar-refractivity contribution in [3.63, 3.8) is 0 Å². The van der Waals surface area contributed by atoms with Crippen molar-refractivity contribution in [2.75, 3.05) is 44.7 Å². The first-order valence-corrected chi connectivity index (χ1v) is 18.2. The van der Waals surface area contributed by atoms with Crippen molar-refractivity contribution in [2.24, 2.45) is 0 Å². The van der Waals surface area contributed by atoms with Crippen molar-refractivity contribution in [2.45, 2.75) is 57.3 Å². The van der Waals surface area contributed by atoms with E-state index in [-0.39, 0.29) is 52.7 Å². The summed E-state index contributed by atoms with van der Waals surface area (Å²) in [5.74, 6) is 0.825. The predicted octanol–water partition coefficient (Wildman–Crippen LogP) is 6.36. The van der Waals surface area contributed by atoms with Crippen molar-refractivity contribution in [1.82, 2.24) is 34.7 Å². The normalized spacial score (nSPS) is 21.2. The third-order valence-electron chi connectivity index (χ3n) is 11.2. The number of likely N-dealkylation sites (N-methyl/N-ethyl adjacent to an activating group) is 1. The second-order valence-corrected chi connectivity index (χ2v) is 14.6. The van der Waals surface area contributed by atoms with Crippen LogP contribution in [0.5, 0.6) is 6.01 Å². The van der Waals surface area contributed by atoms with E-state index in [1.807, 2.05) is 4.90 Å². The number of pyridine rings is 1. The minimum Gasteiger partial charge on any atom is -0.461 e. The fraction of sp³-hybridized carbons (Fsp3) is 0.366. The van der Waals surface area contributed by atoms with Crippen LogP contribution in [0.15, 0.2) is 42.6 Å². The lowest BCUT2D eigenvalue weighted by atomic mass is 9.95. The molecule has 14 heteroatoms. The third-order valence-corrected chi connectivity index (χ3v) is 11.2. The number of hydrogen-bond acceptors (Lipinski definition) is 9. The molecule has 8 rings (SSSR count). The summed E-state index contributed by atoms with van der Waals surface area (Å²) < 4.78 is 67.4. The number of amides is 1. The topological polar surface area (TPSA) is 100 Å². The fourth-order valence-electron chi connectivity index (χ4n) is 8.41. The van der Waals surface area contributed by atoms with Gasteiger partial charge in [-0.15, -0.1) is 6.42 Å². The van der Waals surface area contributed by atoms with E-state index in [2.05, 4.69) is 30.8 Å². The predicted molar refractivity (Wildman–Crippen MR) is 201 cm³/mol. The highest BCUT2D eigenvalue weighted by molar-refractivity contribution is 6.02. The molecule has 0 bridgehead atoms. The van der Waals surface area contributed by atoms with Crippen LogP contribution in [0.25, 0.3) is 39.0 Å². The Kier molecular flexibility index (Phi) is 9.37. The molecule has 0 aliphatic carbocycles. The average molecular weight is 751 g/mol. The number of terminal acetylenes is 1. The van der Waals surface area contributed by atoms with Crippen LogP contribution in [-0.4, -0.2) is 98.2 Å². The Hall–Kier alpha value is -5.68. The Bertz CT molecular complexity index is 2440. The maximum Gasteiger partial charge on any atom is 0.319 e. The molecule has 3 atom stereocenters. The Labute approximate surface area is 315 Å². The van der Waals surface area contributed by atoms with Crippen LogP contribution in [0.1, 0.15) is 48.5 Å². The van der Waals surface area contributed by atoms with Gasteiger partial charge in [0.1, 0.15) is 47.1 Å². The molecule has 0 saturated carbocycles. The summed E-state index contributed by atoms with van der Waals surface area (Å²) in [6, 6.07) is 7.62. The number of carbonyl (C=O) groups excluding carboxylic acids is 1. The molecule has 0 unspecified atom stereocenters. The van der Waals surface area contributed by atoms with Gasteiger partial charge in [0, 0.05) is 62.4 Å². The zero-order valence-electron chi connectivity index (χ0n) is 30.6. The number of ether oxygens (including phenoxy) is 1. The van der Waals surface area contributed by atoms with Crippen LogP contribution in [-0.2, 0) is 4.79 Å². The van der Waals surface area contributed by atoms with E-state index in [1.165, 1.54) is 31.3 Å². The molecule has 2 aromatic carbocycles. The molecule has 3 aromatic heterocycles. The standard InChI is InChI=1S/C41H38F4N8O2/c1-5-28-31(43)11-10-25-8-6-9-29(34(25)28)37-36(45)38-30(19-46-37)39(50-40(49-38)55-22-41-15-7-16-53(41)20-26(42)18-41)51(4)27-14-17-52(21-27)33(54)13-12-32-35(44)23(2)47-24(3)48-32/h1,6,8-13,19,26-27H,7,14-18,20-22H2,2-4H3/b13-12+/t26-,27-,41+/m1/s1. The van der Waals surface area contributed by atoms with Gasteiger partial charge in [-0.25, -0.2) is 27.5 Å². The van der Waals surface area contributed by atoms with Gasteiger partial charge in [-0.1, -0.05) is 30.2 Å². The molecule has 3 fully saturated rings. The van der Waals surface area contributed by atoms with Gasteiger partial charge in [0.25, 0.3) is 0 Å². The minimum absolute atomic E-state index is 0.00721. The number of nitrogens with zero attached hydrogens (tertiary/aromatic N) is 8. The Morgan fingerprint density at radius 3 is 2.75 bits per heavy atom. The average Bonchev–Trinajstić information content (AvgIpc) is 3.89. The summed E-state index contributed by atoms with van der Waals surface area (Å²) >= 11 is 0. The maximum absolute atomic E-state index is 17.0. The van der Waals surface area contributed by atoms with Gasteiger partial charge < -0.3 is 14.5 Å². The molecule has 0 N–H and O–H groups in total. The maximum atomic E-state index is 17.0. The summed E-state index contributed by atoms with van der Waals surface area (Å²) in [5.41, 5.74) is -0.142. The SMILES string of the molecule is C#Cc1c(F)ccc2cccc(-c3ncc4c(N(C)[C@@H]5CCN(C(=O)/C=C/c6nc(C)nc(C)c6F)C5)nc(OC[C@@]56CCCN5C[C@H](F)C6)nc4c3F)c12.